The summed E-state index contributed by atoms with van der Waals surface area (Å²) in [6, 6.07) is 12.5. The Morgan fingerprint density at radius 1 is 1.07 bits per heavy atom. The average Bonchev–Trinajstić information content (AvgIpc) is 3.41. The number of rotatable bonds is 5. The van der Waals surface area contributed by atoms with Gasteiger partial charge >= 0.3 is 6.09 Å². The molecule has 1 fully saturated rings. The molecular formula is C23H27N3O3S. The van der Waals surface area contributed by atoms with E-state index in [1.165, 1.54) is 21.3 Å². The van der Waals surface area contributed by atoms with Crippen molar-refractivity contribution in [3.8, 4) is 0 Å². The fourth-order valence-corrected chi connectivity index (χ4v) is 5.01. The van der Waals surface area contributed by atoms with Gasteiger partial charge in [-0.15, -0.1) is 11.3 Å². The fraction of sp³-hybridized carbons (Fsp3) is 0.391. The van der Waals surface area contributed by atoms with Crippen LogP contribution in [-0.4, -0.2) is 59.2 Å². The minimum atomic E-state index is -0.295. The molecule has 0 spiro atoms. The van der Waals surface area contributed by atoms with Crippen molar-refractivity contribution in [2.75, 3.05) is 32.8 Å². The Balaban J connectivity index is 1.53. The average molecular weight is 426 g/mol. The van der Waals surface area contributed by atoms with Crippen LogP contribution in [0.5, 0.6) is 0 Å². The Labute approximate surface area is 180 Å². The molecular weight excluding hydrogens is 398 g/mol. The first kappa shape index (κ1) is 20.5. The molecule has 1 aliphatic rings. The molecule has 30 heavy (non-hydrogen) atoms. The molecule has 1 saturated heterocycles. The van der Waals surface area contributed by atoms with Gasteiger partial charge in [0.25, 0.3) is 0 Å². The lowest BCUT2D eigenvalue weighted by Gasteiger charge is -2.34. The smallest absolute Gasteiger partial charge is 0.409 e. The van der Waals surface area contributed by atoms with Crippen LogP contribution in [0.1, 0.15) is 29.7 Å². The standard InChI is InChI=1S/C23H27N3O3S/c1-3-29-23(28)26-12-10-25(11-13-26)22(27)15-18(21-9-6-14-30-21)19-16-24(2)20-8-5-4-7-17(19)20/h4-9,14,16,18H,3,10-13,15H2,1-2H3. The van der Waals surface area contributed by atoms with Gasteiger partial charge in [0.2, 0.25) is 5.91 Å². The highest BCUT2D eigenvalue weighted by Crippen LogP contribution is 2.36. The van der Waals surface area contributed by atoms with Crippen LogP contribution in [0, 0.1) is 0 Å². The quantitative estimate of drug-likeness (QED) is 0.619. The summed E-state index contributed by atoms with van der Waals surface area (Å²) in [5, 5.41) is 3.26. The number of nitrogens with zero attached hydrogens (tertiary/aromatic N) is 3. The number of benzene rings is 1. The molecule has 0 N–H and O–H groups in total. The van der Waals surface area contributed by atoms with E-state index in [-0.39, 0.29) is 17.9 Å². The Bertz CT molecular complexity index is 1020. The topological polar surface area (TPSA) is 54.8 Å². The summed E-state index contributed by atoms with van der Waals surface area (Å²) < 4.78 is 7.21. The van der Waals surface area contributed by atoms with Crippen LogP contribution in [-0.2, 0) is 16.6 Å². The molecule has 4 rings (SSSR count). The molecule has 1 aliphatic heterocycles. The Morgan fingerprint density at radius 2 is 1.80 bits per heavy atom. The van der Waals surface area contributed by atoms with Crippen molar-refractivity contribution in [3.05, 3.63) is 58.4 Å². The number of carbonyl (C=O) groups is 2. The number of hydrogen-bond acceptors (Lipinski definition) is 4. The minimum Gasteiger partial charge on any atom is -0.450 e. The van der Waals surface area contributed by atoms with Gasteiger partial charge in [0.05, 0.1) is 6.61 Å². The number of carbonyl (C=O) groups excluding carboxylic acids is 2. The fourth-order valence-electron chi connectivity index (χ4n) is 4.16. The summed E-state index contributed by atoms with van der Waals surface area (Å²) in [6.45, 7) is 4.29. The van der Waals surface area contributed by atoms with E-state index in [2.05, 4.69) is 34.3 Å². The van der Waals surface area contributed by atoms with Crippen LogP contribution in [0.4, 0.5) is 4.79 Å². The zero-order valence-corrected chi connectivity index (χ0v) is 18.2. The molecule has 3 heterocycles. The van der Waals surface area contributed by atoms with E-state index in [1.54, 1.807) is 23.2 Å². The maximum Gasteiger partial charge on any atom is 0.409 e. The molecule has 0 radical (unpaired) electrons. The van der Waals surface area contributed by atoms with Crippen molar-refractivity contribution in [2.24, 2.45) is 7.05 Å². The molecule has 7 heteroatoms. The second kappa shape index (κ2) is 8.92. The molecule has 1 unspecified atom stereocenters. The normalized spacial score (nSPS) is 15.4. The highest BCUT2D eigenvalue weighted by Gasteiger charge is 2.29. The van der Waals surface area contributed by atoms with Crippen molar-refractivity contribution in [2.45, 2.75) is 19.3 Å². The van der Waals surface area contributed by atoms with Crippen LogP contribution in [0.25, 0.3) is 10.9 Å². The molecule has 1 atom stereocenters. The van der Waals surface area contributed by atoms with Crippen LogP contribution in [0.3, 0.4) is 0 Å². The van der Waals surface area contributed by atoms with E-state index in [0.29, 0.717) is 39.2 Å². The molecule has 0 bridgehead atoms. The zero-order chi connectivity index (χ0) is 21.1. The number of aryl methyl sites for hydroxylation is 1. The van der Waals surface area contributed by atoms with Crippen LogP contribution < -0.4 is 0 Å². The second-order valence-electron chi connectivity index (χ2n) is 7.55. The molecule has 6 nitrogen and oxygen atoms in total. The monoisotopic (exact) mass is 425 g/mol. The van der Waals surface area contributed by atoms with Crippen LogP contribution >= 0.6 is 11.3 Å². The van der Waals surface area contributed by atoms with Gasteiger partial charge in [-0.1, -0.05) is 24.3 Å². The highest BCUT2D eigenvalue weighted by atomic mass is 32.1. The molecule has 2 aromatic heterocycles. The molecule has 1 aromatic carbocycles. The number of thiophene rings is 1. The maximum absolute atomic E-state index is 13.2. The van der Waals surface area contributed by atoms with E-state index in [9.17, 15) is 9.59 Å². The lowest BCUT2D eigenvalue weighted by Crippen LogP contribution is -2.50. The van der Waals surface area contributed by atoms with Gasteiger partial charge in [0.15, 0.2) is 0 Å². The molecule has 158 valence electrons. The van der Waals surface area contributed by atoms with Gasteiger partial charge < -0.3 is 19.1 Å². The summed E-state index contributed by atoms with van der Waals surface area (Å²) >= 11 is 1.69. The number of amides is 2. The molecule has 0 aliphatic carbocycles. The van der Waals surface area contributed by atoms with Gasteiger partial charge in [-0.05, 0) is 30.0 Å². The van der Waals surface area contributed by atoms with Gasteiger partial charge in [0.1, 0.15) is 0 Å². The first-order valence-electron chi connectivity index (χ1n) is 10.3. The SMILES string of the molecule is CCOC(=O)N1CCN(C(=O)CC(c2cccs2)c2cn(C)c3ccccc23)CC1. The minimum absolute atomic E-state index is 0.0201. The largest absolute Gasteiger partial charge is 0.450 e. The third-order valence-electron chi connectivity index (χ3n) is 5.73. The van der Waals surface area contributed by atoms with E-state index in [0.717, 1.165) is 0 Å². The number of piperazine rings is 1. The number of para-hydroxylation sites is 1. The highest BCUT2D eigenvalue weighted by molar-refractivity contribution is 7.10. The summed E-state index contributed by atoms with van der Waals surface area (Å²) in [4.78, 5) is 29.9. The maximum atomic E-state index is 13.2. The first-order valence-corrected chi connectivity index (χ1v) is 11.2. The number of aromatic nitrogens is 1. The Morgan fingerprint density at radius 3 is 2.50 bits per heavy atom. The van der Waals surface area contributed by atoms with Crippen LogP contribution in [0.15, 0.2) is 48.0 Å². The third kappa shape index (κ3) is 4.07. The zero-order valence-electron chi connectivity index (χ0n) is 17.4. The number of fused-ring (bicyclic) bond motifs is 1. The molecule has 2 amide bonds. The van der Waals surface area contributed by atoms with E-state index >= 15 is 0 Å². The summed E-state index contributed by atoms with van der Waals surface area (Å²) in [5.74, 6) is 0.150. The van der Waals surface area contributed by atoms with Crippen molar-refractivity contribution < 1.29 is 14.3 Å². The third-order valence-corrected chi connectivity index (χ3v) is 6.71. The number of hydrogen-bond donors (Lipinski definition) is 0. The van der Waals surface area contributed by atoms with E-state index < -0.39 is 0 Å². The predicted molar refractivity (Wildman–Crippen MR) is 119 cm³/mol. The summed E-state index contributed by atoms with van der Waals surface area (Å²) in [5.41, 5.74) is 2.36. The summed E-state index contributed by atoms with van der Waals surface area (Å²) in [6.07, 6.45) is 2.28. The predicted octanol–water partition coefficient (Wildman–Crippen LogP) is 4.06. The van der Waals surface area contributed by atoms with Gasteiger partial charge in [-0.25, -0.2) is 4.79 Å². The molecule has 3 aromatic rings. The lowest BCUT2D eigenvalue weighted by molar-refractivity contribution is -0.133. The lowest BCUT2D eigenvalue weighted by atomic mass is 9.93. The van der Waals surface area contributed by atoms with Crippen molar-refractivity contribution >= 4 is 34.2 Å². The van der Waals surface area contributed by atoms with Gasteiger partial charge in [-0.2, -0.15) is 0 Å². The number of ether oxygens (including phenoxy) is 1. The first-order chi connectivity index (χ1) is 14.6. The van der Waals surface area contributed by atoms with Crippen molar-refractivity contribution in [1.29, 1.82) is 0 Å². The van der Waals surface area contributed by atoms with Crippen molar-refractivity contribution in [3.63, 3.8) is 0 Å². The van der Waals surface area contributed by atoms with Crippen molar-refractivity contribution in [1.82, 2.24) is 14.4 Å². The van der Waals surface area contributed by atoms with Gasteiger partial charge in [-0.3, -0.25) is 4.79 Å². The second-order valence-corrected chi connectivity index (χ2v) is 8.53. The van der Waals surface area contributed by atoms with E-state index in [1.807, 2.05) is 30.1 Å². The van der Waals surface area contributed by atoms with E-state index in [4.69, 9.17) is 4.74 Å². The Hall–Kier alpha value is -2.80. The summed E-state index contributed by atoms with van der Waals surface area (Å²) in [7, 11) is 2.05. The van der Waals surface area contributed by atoms with Crippen LogP contribution in [0.2, 0.25) is 0 Å². The van der Waals surface area contributed by atoms with Gasteiger partial charge in [0, 0.05) is 67.5 Å². The molecule has 0 saturated carbocycles. The Kier molecular flexibility index (Phi) is 6.08.